The van der Waals surface area contributed by atoms with Gasteiger partial charge < -0.3 is 19.4 Å². The number of carbonyl (C=O) groups is 2. The van der Waals surface area contributed by atoms with E-state index in [0.29, 0.717) is 32.8 Å². The number of hydrogen-bond acceptors (Lipinski definition) is 5. The topological polar surface area (TPSA) is 56.3 Å². The summed E-state index contributed by atoms with van der Waals surface area (Å²) in [7, 11) is 0. The van der Waals surface area contributed by atoms with Crippen molar-refractivity contribution < 1.29 is 14.3 Å². The van der Waals surface area contributed by atoms with Crippen LogP contribution in [0.5, 0.6) is 0 Å². The number of benzene rings is 1. The van der Waals surface area contributed by atoms with Gasteiger partial charge >= 0.3 is 6.09 Å². The van der Waals surface area contributed by atoms with Gasteiger partial charge in [0.2, 0.25) is 5.91 Å². The Kier molecular flexibility index (Phi) is 6.55. The summed E-state index contributed by atoms with van der Waals surface area (Å²) in [4.78, 5) is 32.9. The lowest BCUT2D eigenvalue weighted by atomic mass is 10.1. The second-order valence-corrected chi connectivity index (χ2v) is 7.05. The third kappa shape index (κ3) is 4.71. The smallest absolute Gasteiger partial charge is 0.409 e. The molecule has 148 valence electrons. The number of ether oxygens (including phenoxy) is 1. The molecule has 3 rings (SSSR count). The summed E-state index contributed by atoms with van der Waals surface area (Å²) in [6.45, 7) is 10.0. The zero-order valence-corrected chi connectivity index (χ0v) is 16.3. The van der Waals surface area contributed by atoms with Crippen LogP contribution in [0.1, 0.15) is 13.8 Å². The van der Waals surface area contributed by atoms with Gasteiger partial charge in [-0.2, -0.15) is 0 Å². The Morgan fingerprint density at radius 1 is 0.926 bits per heavy atom. The maximum Gasteiger partial charge on any atom is 0.409 e. The lowest BCUT2D eigenvalue weighted by Gasteiger charge is -2.41. The van der Waals surface area contributed by atoms with E-state index in [1.165, 1.54) is 5.69 Å². The first-order chi connectivity index (χ1) is 13.1. The number of rotatable bonds is 4. The molecule has 1 aromatic rings. The van der Waals surface area contributed by atoms with E-state index in [2.05, 4.69) is 21.9 Å². The van der Waals surface area contributed by atoms with Gasteiger partial charge in [-0.25, -0.2) is 4.79 Å². The van der Waals surface area contributed by atoms with E-state index in [-0.39, 0.29) is 18.0 Å². The van der Waals surface area contributed by atoms with Crippen LogP contribution in [0, 0.1) is 0 Å². The molecule has 7 nitrogen and oxygen atoms in total. The Morgan fingerprint density at radius 2 is 1.52 bits per heavy atom. The third-order valence-corrected chi connectivity index (χ3v) is 5.46. The van der Waals surface area contributed by atoms with Gasteiger partial charge in [0.05, 0.1) is 12.6 Å². The fourth-order valence-electron chi connectivity index (χ4n) is 3.75. The lowest BCUT2D eigenvalue weighted by molar-refractivity contribution is -0.137. The van der Waals surface area contributed by atoms with Crippen LogP contribution in [0.3, 0.4) is 0 Å². The van der Waals surface area contributed by atoms with Gasteiger partial charge in [0.15, 0.2) is 0 Å². The van der Waals surface area contributed by atoms with E-state index >= 15 is 0 Å². The minimum atomic E-state index is -0.256. The van der Waals surface area contributed by atoms with E-state index in [9.17, 15) is 9.59 Å². The predicted molar refractivity (Wildman–Crippen MR) is 105 cm³/mol. The van der Waals surface area contributed by atoms with Gasteiger partial charge in [-0.05, 0) is 26.0 Å². The monoisotopic (exact) mass is 374 g/mol. The van der Waals surface area contributed by atoms with E-state index < -0.39 is 0 Å². The highest BCUT2D eigenvalue weighted by Gasteiger charge is 2.31. The number of piperazine rings is 2. The molecule has 2 aliphatic rings. The summed E-state index contributed by atoms with van der Waals surface area (Å²) in [5, 5.41) is 0. The molecule has 0 saturated carbocycles. The molecule has 0 aromatic heterocycles. The number of anilines is 1. The summed E-state index contributed by atoms with van der Waals surface area (Å²) in [6, 6.07) is 10.2. The van der Waals surface area contributed by atoms with Crippen molar-refractivity contribution in [2.75, 3.05) is 63.9 Å². The van der Waals surface area contributed by atoms with Crippen molar-refractivity contribution in [3.05, 3.63) is 30.3 Å². The summed E-state index contributed by atoms with van der Waals surface area (Å²) < 4.78 is 5.05. The highest BCUT2D eigenvalue weighted by molar-refractivity contribution is 5.82. The molecule has 2 aliphatic heterocycles. The van der Waals surface area contributed by atoms with E-state index in [0.717, 1.165) is 26.2 Å². The normalized spacial score (nSPS) is 19.7. The third-order valence-electron chi connectivity index (χ3n) is 5.46. The van der Waals surface area contributed by atoms with Crippen molar-refractivity contribution in [2.45, 2.75) is 19.9 Å². The Hall–Kier alpha value is -2.28. The average Bonchev–Trinajstić information content (AvgIpc) is 2.74. The van der Waals surface area contributed by atoms with Crippen LogP contribution in [0.2, 0.25) is 0 Å². The van der Waals surface area contributed by atoms with Crippen molar-refractivity contribution in [1.29, 1.82) is 0 Å². The average molecular weight is 374 g/mol. The van der Waals surface area contributed by atoms with Crippen molar-refractivity contribution >= 4 is 17.7 Å². The zero-order chi connectivity index (χ0) is 19.2. The fraction of sp³-hybridized carbons (Fsp3) is 0.600. The summed E-state index contributed by atoms with van der Waals surface area (Å²) >= 11 is 0. The number of para-hydroxylation sites is 1. The molecule has 0 N–H and O–H groups in total. The Morgan fingerprint density at radius 3 is 2.11 bits per heavy atom. The number of hydrogen-bond donors (Lipinski definition) is 0. The van der Waals surface area contributed by atoms with Gasteiger partial charge in [0.1, 0.15) is 0 Å². The predicted octanol–water partition coefficient (Wildman–Crippen LogP) is 1.50. The molecule has 27 heavy (non-hydrogen) atoms. The summed E-state index contributed by atoms with van der Waals surface area (Å²) in [6.07, 6.45) is -0.256. The van der Waals surface area contributed by atoms with Gasteiger partial charge in [-0.15, -0.1) is 0 Å². The van der Waals surface area contributed by atoms with Crippen LogP contribution in [0.4, 0.5) is 10.5 Å². The van der Waals surface area contributed by atoms with Crippen LogP contribution >= 0.6 is 0 Å². The van der Waals surface area contributed by atoms with Crippen LogP contribution in [0.25, 0.3) is 0 Å². The molecule has 1 atom stereocenters. The Balaban J connectivity index is 1.47. The number of nitrogens with zero attached hydrogens (tertiary/aromatic N) is 4. The van der Waals surface area contributed by atoms with Gasteiger partial charge in [0.25, 0.3) is 0 Å². The van der Waals surface area contributed by atoms with E-state index in [4.69, 9.17) is 4.74 Å². The Labute approximate surface area is 161 Å². The maximum atomic E-state index is 12.9. The second-order valence-electron chi connectivity index (χ2n) is 7.05. The molecule has 1 aromatic carbocycles. The van der Waals surface area contributed by atoms with Gasteiger partial charge in [-0.1, -0.05) is 18.2 Å². The maximum absolute atomic E-state index is 12.9. The highest BCUT2D eigenvalue weighted by Crippen LogP contribution is 2.17. The van der Waals surface area contributed by atoms with Gasteiger partial charge in [0, 0.05) is 58.0 Å². The molecular weight excluding hydrogens is 344 g/mol. The molecule has 0 aliphatic carbocycles. The summed E-state index contributed by atoms with van der Waals surface area (Å²) in [5.74, 6) is 0.187. The standard InChI is InChI=1S/C20H30N4O3/c1-3-27-20(26)24-15-9-21(10-16-24)17(2)19(25)23-13-11-22(12-14-23)18-7-5-4-6-8-18/h4-8,17H,3,9-16H2,1-2H3. The number of amides is 2. The quantitative estimate of drug-likeness (QED) is 0.799. The van der Waals surface area contributed by atoms with Crippen LogP contribution in [-0.2, 0) is 9.53 Å². The number of carbonyl (C=O) groups excluding carboxylic acids is 2. The molecule has 0 spiro atoms. The van der Waals surface area contributed by atoms with E-state index in [1.807, 2.05) is 36.9 Å². The molecule has 0 radical (unpaired) electrons. The fourth-order valence-corrected chi connectivity index (χ4v) is 3.75. The molecular formula is C20H30N4O3. The lowest BCUT2D eigenvalue weighted by Crippen LogP contribution is -2.58. The van der Waals surface area contributed by atoms with E-state index in [1.54, 1.807) is 4.90 Å². The molecule has 7 heteroatoms. The van der Waals surface area contributed by atoms with Crippen LogP contribution in [-0.4, -0.2) is 91.7 Å². The molecule has 0 bridgehead atoms. The molecule has 2 heterocycles. The zero-order valence-electron chi connectivity index (χ0n) is 16.3. The van der Waals surface area contributed by atoms with Crippen LogP contribution < -0.4 is 4.90 Å². The second kappa shape index (κ2) is 9.08. The first-order valence-corrected chi connectivity index (χ1v) is 9.84. The minimum Gasteiger partial charge on any atom is -0.450 e. The Bertz CT molecular complexity index is 623. The van der Waals surface area contributed by atoms with Crippen molar-refractivity contribution in [1.82, 2.24) is 14.7 Å². The first kappa shape index (κ1) is 19.5. The molecule has 2 amide bonds. The molecule has 2 saturated heterocycles. The first-order valence-electron chi connectivity index (χ1n) is 9.84. The van der Waals surface area contributed by atoms with Gasteiger partial charge in [-0.3, -0.25) is 9.69 Å². The SMILES string of the molecule is CCOC(=O)N1CCN(C(C)C(=O)N2CCN(c3ccccc3)CC2)CC1. The minimum absolute atomic E-state index is 0.155. The van der Waals surface area contributed by atoms with Crippen LogP contribution in [0.15, 0.2) is 30.3 Å². The molecule has 2 fully saturated rings. The largest absolute Gasteiger partial charge is 0.450 e. The van der Waals surface area contributed by atoms with Crippen molar-refractivity contribution in [2.24, 2.45) is 0 Å². The van der Waals surface area contributed by atoms with Crippen molar-refractivity contribution in [3.8, 4) is 0 Å². The van der Waals surface area contributed by atoms with Crippen molar-refractivity contribution in [3.63, 3.8) is 0 Å². The summed E-state index contributed by atoms with van der Waals surface area (Å²) in [5.41, 5.74) is 1.22. The molecule has 1 unspecified atom stereocenters. The highest BCUT2D eigenvalue weighted by atomic mass is 16.6.